The number of rotatable bonds is 6. The highest BCUT2D eigenvalue weighted by atomic mass is 35.5. The summed E-state index contributed by atoms with van der Waals surface area (Å²) in [5.41, 5.74) is 3.30. The SMILES string of the molecule is Cc1cccc(C)c1OCCNC(=O)C1CC1c1ccccc1Cl. The second-order valence-corrected chi connectivity index (χ2v) is 6.74. The topological polar surface area (TPSA) is 38.3 Å². The van der Waals surface area contributed by atoms with Gasteiger partial charge in [-0.25, -0.2) is 0 Å². The molecule has 2 aromatic carbocycles. The molecule has 0 aromatic heterocycles. The van der Waals surface area contributed by atoms with Gasteiger partial charge in [-0.3, -0.25) is 4.79 Å². The lowest BCUT2D eigenvalue weighted by molar-refractivity contribution is -0.122. The zero-order valence-electron chi connectivity index (χ0n) is 14.0. The Hall–Kier alpha value is -2.00. The molecule has 2 aromatic rings. The van der Waals surface area contributed by atoms with Crippen LogP contribution in [-0.2, 0) is 4.79 Å². The Morgan fingerprint density at radius 1 is 1.17 bits per heavy atom. The van der Waals surface area contributed by atoms with Gasteiger partial charge in [-0.05, 0) is 48.9 Å². The molecular weight excluding hydrogens is 322 g/mol. The summed E-state index contributed by atoms with van der Waals surface area (Å²) in [6.07, 6.45) is 0.868. The lowest BCUT2D eigenvalue weighted by Gasteiger charge is -2.12. The van der Waals surface area contributed by atoms with Gasteiger partial charge in [0.2, 0.25) is 5.91 Å². The zero-order valence-corrected chi connectivity index (χ0v) is 14.8. The highest BCUT2D eigenvalue weighted by molar-refractivity contribution is 6.31. The van der Waals surface area contributed by atoms with E-state index in [1.54, 1.807) is 0 Å². The van der Waals surface area contributed by atoms with Crippen LogP contribution >= 0.6 is 11.6 Å². The van der Waals surface area contributed by atoms with Crippen molar-refractivity contribution in [2.24, 2.45) is 5.92 Å². The van der Waals surface area contributed by atoms with Gasteiger partial charge in [0.15, 0.2) is 0 Å². The lowest BCUT2D eigenvalue weighted by Crippen LogP contribution is -2.29. The van der Waals surface area contributed by atoms with E-state index in [0.717, 1.165) is 33.9 Å². The molecule has 0 radical (unpaired) electrons. The van der Waals surface area contributed by atoms with Crippen LogP contribution in [0, 0.1) is 19.8 Å². The number of halogens is 1. The van der Waals surface area contributed by atoms with Gasteiger partial charge in [0.1, 0.15) is 12.4 Å². The molecule has 3 rings (SSSR count). The monoisotopic (exact) mass is 343 g/mol. The van der Waals surface area contributed by atoms with E-state index in [0.29, 0.717) is 13.2 Å². The molecule has 1 aliphatic rings. The second kappa shape index (κ2) is 7.27. The van der Waals surface area contributed by atoms with Crippen LogP contribution in [0.3, 0.4) is 0 Å². The van der Waals surface area contributed by atoms with Crippen LogP contribution in [0.5, 0.6) is 5.75 Å². The minimum atomic E-state index is 0.0325. The summed E-state index contributed by atoms with van der Waals surface area (Å²) in [5.74, 6) is 1.28. The Morgan fingerprint density at radius 3 is 2.58 bits per heavy atom. The molecule has 1 aliphatic carbocycles. The van der Waals surface area contributed by atoms with Crippen molar-refractivity contribution in [3.05, 3.63) is 64.2 Å². The highest BCUT2D eigenvalue weighted by Crippen LogP contribution is 2.49. The van der Waals surface area contributed by atoms with E-state index in [1.165, 1.54) is 0 Å². The molecule has 0 saturated heterocycles. The van der Waals surface area contributed by atoms with Gasteiger partial charge in [-0.2, -0.15) is 0 Å². The quantitative estimate of drug-likeness (QED) is 0.796. The first-order valence-corrected chi connectivity index (χ1v) is 8.67. The summed E-state index contributed by atoms with van der Waals surface area (Å²) in [7, 11) is 0. The number of nitrogens with one attached hydrogen (secondary N) is 1. The van der Waals surface area contributed by atoms with Crippen LogP contribution in [0.25, 0.3) is 0 Å². The Morgan fingerprint density at radius 2 is 1.88 bits per heavy atom. The van der Waals surface area contributed by atoms with Gasteiger partial charge >= 0.3 is 0 Å². The number of ether oxygens (including phenoxy) is 1. The molecule has 0 bridgehead atoms. The molecule has 1 saturated carbocycles. The molecule has 24 heavy (non-hydrogen) atoms. The molecule has 1 N–H and O–H groups in total. The van der Waals surface area contributed by atoms with Crippen LogP contribution in [-0.4, -0.2) is 19.1 Å². The summed E-state index contributed by atoms with van der Waals surface area (Å²) >= 11 is 6.20. The molecule has 4 heteroatoms. The Balaban J connectivity index is 1.45. The van der Waals surface area contributed by atoms with E-state index in [1.807, 2.05) is 56.3 Å². The molecule has 1 fully saturated rings. The van der Waals surface area contributed by atoms with Crippen molar-refractivity contribution >= 4 is 17.5 Å². The van der Waals surface area contributed by atoms with Gasteiger partial charge in [0.25, 0.3) is 0 Å². The second-order valence-electron chi connectivity index (χ2n) is 6.33. The summed E-state index contributed by atoms with van der Waals surface area (Å²) in [4.78, 5) is 12.2. The predicted octanol–water partition coefficient (Wildman–Crippen LogP) is 4.26. The van der Waals surface area contributed by atoms with Gasteiger partial charge in [0.05, 0.1) is 6.54 Å². The van der Waals surface area contributed by atoms with Gasteiger partial charge in [-0.1, -0.05) is 48.0 Å². The minimum Gasteiger partial charge on any atom is -0.491 e. The molecule has 3 nitrogen and oxygen atoms in total. The molecule has 2 atom stereocenters. The van der Waals surface area contributed by atoms with Crippen molar-refractivity contribution in [3.63, 3.8) is 0 Å². The molecular formula is C20H22ClNO2. The average Bonchev–Trinajstić information content (AvgIpc) is 3.34. The lowest BCUT2D eigenvalue weighted by atomic mass is 10.1. The largest absolute Gasteiger partial charge is 0.491 e. The van der Waals surface area contributed by atoms with E-state index in [2.05, 4.69) is 5.32 Å². The first kappa shape index (κ1) is 16.8. The number of benzene rings is 2. The minimum absolute atomic E-state index is 0.0325. The van der Waals surface area contributed by atoms with E-state index in [9.17, 15) is 4.79 Å². The Bertz CT molecular complexity index is 724. The number of aryl methyl sites for hydroxylation is 2. The van der Waals surface area contributed by atoms with Gasteiger partial charge in [-0.15, -0.1) is 0 Å². The van der Waals surface area contributed by atoms with Crippen LogP contribution < -0.4 is 10.1 Å². The van der Waals surface area contributed by atoms with Gasteiger partial charge < -0.3 is 10.1 Å². The summed E-state index contributed by atoms with van der Waals surface area (Å²) in [5, 5.41) is 3.71. The molecule has 126 valence electrons. The number of carbonyl (C=O) groups is 1. The normalized spacial score (nSPS) is 19.0. The third-order valence-electron chi connectivity index (χ3n) is 4.49. The molecule has 0 aliphatic heterocycles. The summed E-state index contributed by atoms with van der Waals surface area (Å²) in [6, 6.07) is 13.8. The van der Waals surface area contributed by atoms with Crippen LogP contribution in [0.1, 0.15) is 29.0 Å². The summed E-state index contributed by atoms with van der Waals surface area (Å²) < 4.78 is 5.81. The highest BCUT2D eigenvalue weighted by Gasteiger charge is 2.44. The van der Waals surface area contributed by atoms with Crippen molar-refractivity contribution < 1.29 is 9.53 Å². The van der Waals surface area contributed by atoms with Gasteiger partial charge in [0, 0.05) is 10.9 Å². The van der Waals surface area contributed by atoms with Crippen LogP contribution in [0.2, 0.25) is 5.02 Å². The van der Waals surface area contributed by atoms with E-state index < -0.39 is 0 Å². The maximum Gasteiger partial charge on any atom is 0.223 e. The Kier molecular flexibility index (Phi) is 5.10. The first-order chi connectivity index (χ1) is 11.6. The van der Waals surface area contributed by atoms with Crippen molar-refractivity contribution in [2.75, 3.05) is 13.2 Å². The number of carbonyl (C=O) groups excluding carboxylic acids is 1. The maximum absolute atomic E-state index is 12.2. The summed E-state index contributed by atoms with van der Waals surface area (Å²) in [6.45, 7) is 5.04. The van der Waals surface area contributed by atoms with E-state index >= 15 is 0 Å². The smallest absolute Gasteiger partial charge is 0.223 e. The zero-order chi connectivity index (χ0) is 17.1. The molecule has 1 amide bonds. The van der Waals surface area contributed by atoms with Crippen molar-refractivity contribution in [1.29, 1.82) is 0 Å². The van der Waals surface area contributed by atoms with Crippen molar-refractivity contribution in [2.45, 2.75) is 26.2 Å². The standard InChI is InChI=1S/C20H22ClNO2/c1-13-6-5-7-14(2)19(13)24-11-10-22-20(23)17-12-16(17)15-8-3-4-9-18(15)21/h3-9,16-17H,10-12H2,1-2H3,(H,22,23). The predicted molar refractivity (Wildman–Crippen MR) is 96.7 cm³/mol. The molecule has 0 spiro atoms. The fraction of sp³-hybridized carbons (Fsp3) is 0.350. The Labute approximate surface area is 148 Å². The van der Waals surface area contributed by atoms with E-state index in [4.69, 9.17) is 16.3 Å². The van der Waals surface area contributed by atoms with Crippen LogP contribution in [0.15, 0.2) is 42.5 Å². The van der Waals surface area contributed by atoms with Crippen LogP contribution in [0.4, 0.5) is 0 Å². The molecule has 2 unspecified atom stereocenters. The third-order valence-corrected chi connectivity index (χ3v) is 4.83. The van der Waals surface area contributed by atoms with Crippen molar-refractivity contribution in [3.8, 4) is 5.75 Å². The number of hydrogen-bond acceptors (Lipinski definition) is 2. The molecule has 0 heterocycles. The number of para-hydroxylation sites is 1. The average molecular weight is 344 g/mol. The number of hydrogen-bond donors (Lipinski definition) is 1. The fourth-order valence-corrected chi connectivity index (χ4v) is 3.37. The first-order valence-electron chi connectivity index (χ1n) is 8.29. The fourth-order valence-electron chi connectivity index (χ4n) is 3.09. The third kappa shape index (κ3) is 3.73. The number of amides is 1. The maximum atomic E-state index is 12.2. The van der Waals surface area contributed by atoms with Crippen molar-refractivity contribution in [1.82, 2.24) is 5.32 Å². The van der Waals surface area contributed by atoms with E-state index in [-0.39, 0.29) is 17.7 Å².